The number of aromatic nitrogens is 2. The normalized spacial score (nSPS) is 12.0. The lowest BCUT2D eigenvalue weighted by atomic mass is 9.91. The fourth-order valence-electron chi connectivity index (χ4n) is 3.82. The molecule has 2 aromatic heterocycles. The maximum atomic E-state index is 12.9. The number of ether oxygens (including phenoxy) is 2. The first-order valence-electron chi connectivity index (χ1n) is 11.0. The number of nitrogens with zero attached hydrogens (tertiary/aromatic N) is 2. The minimum absolute atomic E-state index is 0.0327. The zero-order valence-electron chi connectivity index (χ0n) is 19.0. The molecule has 1 unspecified atom stereocenters. The summed E-state index contributed by atoms with van der Waals surface area (Å²) in [7, 11) is 3.27. The predicted octanol–water partition coefficient (Wildman–Crippen LogP) is 4.88. The third kappa shape index (κ3) is 5.78. The standard InChI is InChI=1S/C25H33N3O3/c1-5-6-7-8-10-26-25(29)16-22(19-13-20(30-3)15-21(14-19)31-4)23-17-27-24-12-18(2)9-11-28(23)24/h9,11-15,17,22H,5-8,10,16H2,1-4H3,(H,26,29). The molecule has 0 aliphatic heterocycles. The fraction of sp³-hybridized carbons (Fsp3) is 0.440. The van der Waals surface area contributed by atoms with Crippen LogP contribution in [0.1, 0.15) is 61.8 Å². The molecule has 2 heterocycles. The summed E-state index contributed by atoms with van der Waals surface area (Å²) >= 11 is 0. The number of amides is 1. The van der Waals surface area contributed by atoms with Gasteiger partial charge in [0.1, 0.15) is 17.1 Å². The second-order valence-corrected chi connectivity index (χ2v) is 7.93. The fourth-order valence-corrected chi connectivity index (χ4v) is 3.82. The minimum atomic E-state index is -0.183. The number of methoxy groups -OCH3 is 2. The largest absolute Gasteiger partial charge is 0.497 e. The molecule has 0 saturated heterocycles. The van der Waals surface area contributed by atoms with Gasteiger partial charge < -0.3 is 19.2 Å². The van der Waals surface area contributed by atoms with E-state index in [1.807, 2.05) is 43.6 Å². The third-order valence-corrected chi connectivity index (χ3v) is 5.57. The molecule has 1 atom stereocenters. The number of aryl methyl sites for hydroxylation is 1. The van der Waals surface area contributed by atoms with Crippen molar-refractivity contribution in [1.29, 1.82) is 0 Å². The van der Waals surface area contributed by atoms with E-state index >= 15 is 0 Å². The van der Waals surface area contributed by atoms with E-state index in [-0.39, 0.29) is 11.8 Å². The summed E-state index contributed by atoms with van der Waals surface area (Å²) in [5, 5.41) is 3.09. The molecule has 6 nitrogen and oxygen atoms in total. The molecule has 31 heavy (non-hydrogen) atoms. The van der Waals surface area contributed by atoms with Crippen molar-refractivity contribution in [3.8, 4) is 11.5 Å². The quantitative estimate of drug-likeness (QED) is 0.447. The van der Waals surface area contributed by atoms with Gasteiger partial charge in [0.15, 0.2) is 0 Å². The number of carbonyl (C=O) groups excluding carboxylic acids is 1. The van der Waals surface area contributed by atoms with Gasteiger partial charge in [0.25, 0.3) is 0 Å². The zero-order chi connectivity index (χ0) is 22.2. The van der Waals surface area contributed by atoms with Crippen molar-refractivity contribution >= 4 is 11.6 Å². The van der Waals surface area contributed by atoms with E-state index in [1.54, 1.807) is 14.2 Å². The summed E-state index contributed by atoms with van der Waals surface area (Å²) < 4.78 is 13.0. The minimum Gasteiger partial charge on any atom is -0.497 e. The molecular formula is C25H33N3O3. The molecule has 166 valence electrons. The van der Waals surface area contributed by atoms with Crippen molar-refractivity contribution in [2.75, 3.05) is 20.8 Å². The SMILES string of the molecule is CCCCCCNC(=O)CC(c1cc(OC)cc(OC)c1)c1cnc2cc(C)ccn12. The smallest absolute Gasteiger partial charge is 0.221 e. The van der Waals surface area contributed by atoms with Crippen LogP contribution in [0.15, 0.2) is 42.7 Å². The molecule has 0 bridgehead atoms. The molecular weight excluding hydrogens is 390 g/mol. The molecule has 0 radical (unpaired) electrons. The van der Waals surface area contributed by atoms with Crippen LogP contribution in [-0.4, -0.2) is 36.1 Å². The number of pyridine rings is 1. The Balaban J connectivity index is 1.91. The molecule has 3 rings (SSSR count). The van der Waals surface area contributed by atoms with E-state index in [1.165, 1.54) is 12.8 Å². The van der Waals surface area contributed by atoms with E-state index < -0.39 is 0 Å². The van der Waals surface area contributed by atoms with E-state index in [0.29, 0.717) is 24.5 Å². The number of rotatable bonds is 11. The number of carbonyl (C=O) groups is 1. The van der Waals surface area contributed by atoms with Gasteiger partial charge in [0.05, 0.1) is 19.9 Å². The van der Waals surface area contributed by atoms with Crippen LogP contribution in [-0.2, 0) is 4.79 Å². The highest BCUT2D eigenvalue weighted by molar-refractivity contribution is 5.77. The van der Waals surface area contributed by atoms with E-state index in [0.717, 1.165) is 35.3 Å². The molecule has 6 heteroatoms. The van der Waals surface area contributed by atoms with Crippen molar-refractivity contribution < 1.29 is 14.3 Å². The summed E-state index contributed by atoms with van der Waals surface area (Å²) in [6.07, 6.45) is 8.72. The Bertz CT molecular complexity index is 990. The summed E-state index contributed by atoms with van der Waals surface area (Å²) in [6, 6.07) is 9.87. The lowest BCUT2D eigenvalue weighted by molar-refractivity contribution is -0.121. The van der Waals surface area contributed by atoms with E-state index in [2.05, 4.69) is 27.7 Å². The number of nitrogens with one attached hydrogen (secondary N) is 1. The molecule has 0 fully saturated rings. The first-order valence-corrected chi connectivity index (χ1v) is 11.0. The highest BCUT2D eigenvalue weighted by Gasteiger charge is 2.23. The number of hydrogen-bond acceptors (Lipinski definition) is 4. The van der Waals surface area contributed by atoms with Gasteiger partial charge in [-0.2, -0.15) is 0 Å². The molecule has 1 amide bonds. The van der Waals surface area contributed by atoms with Crippen LogP contribution in [0.4, 0.5) is 0 Å². The lowest BCUT2D eigenvalue weighted by Crippen LogP contribution is -2.26. The maximum Gasteiger partial charge on any atom is 0.221 e. The van der Waals surface area contributed by atoms with Crippen LogP contribution in [0.25, 0.3) is 5.65 Å². The van der Waals surface area contributed by atoms with Gasteiger partial charge in [0.2, 0.25) is 5.91 Å². The van der Waals surface area contributed by atoms with Crippen molar-refractivity contribution in [3.63, 3.8) is 0 Å². The first-order chi connectivity index (χ1) is 15.0. The summed E-state index contributed by atoms with van der Waals surface area (Å²) in [5.41, 5.74) is 3.94. The van der Waals surface area contributed by atoms with Gasteiger partial charge in [-0.1, -0.05) is 26.2 Å². The van der Waals surface area contributed by atoms with Crippen LogP contribution in [0.5, 0.6) is 11.5 Å². The molecule has 1 aromatic carbocycles. The number of benzene rings is 1. The molecule has 0 saturated carbocycles. The summed E-state index contributed by atoms with van der Waals surface area (Å²) in [5.74, 6) is 1.25. The molecule has 1 N–H and O–H groups in total. The number of fused-ring (bicyclic) bond motifs is 1. The maximum absolute atomic E-state index is 12.9. The number of hydrogen-bond donors (Lipinski definition) is 1. The van der Waals surface area contributed by atoms with E-state index in [4.69, 9.17) is 9.47 Å². The summed E-state index contributed by atoms with van der Waals surface area (Å²) in [6.45, 7) is 4.94. The first kappa shape index (κ1) is 22.7. The van der Waals surface area contributed by atoms with Crippen molar-refractivity contribution in [1.82, 2.24) is 14.7 Å². The van der Waals surface area contributed by atoms with E-state index in [9.17, 15) is 4.79 Å². The average Bonchev–Trinajstić information content (AvgIpc) is 3.19. The van der Waals surface area contributed by atoms with Gasteiger partial charge in [-0.25, -0.2) is 4.98 Å². The Morgan fingerprint density at radius 2 is 1.84 bits per heavy atom. The zero-order valence-corrected chi connectivity index (χ0v) is 19.0. The Kier molecular flexibility index (Phi) is 7.93. The third-order valence-electron chi connectivity index (χ3n) is 5.57. The second-order valence-electron chi connectivity index (χ2n) is 7.93. The number of unbranched alkanes of at least 4 members (excludes halogenated alkanes) is 3. The average molecular weight is 424 g/mol. The van der Waals surface area contributed by atoms with Crippen LogP contribution in [0.2, 0.25) is 0 Å². The van der Waals surface area contributed by atoms with Crippen molar-refractivity contribution in [3.05, 3.63) is 59.5 Å². The van der Waals surface area contributed by atoms with Gasteiger partial charge in [0, 0.05) is 37.3 Å². The Morgan fingerprint density at radius 1 is 1.10 bits per heavy atom. The molecule has 3 aromatic rings. The van der Waals surface area contributed by atoms with Gasteiger partial charge >= 0.3 is 0 Å². The number of imidazole rings is 1. The Hall–Kier alpha value is -3.02. The topological polar surface area (TPSA) is 64.9 Å². The second kappa shape index (κ2) is 10.8. The van der Waals surface area contributed by atoms with Crippen molar-refractivity contribution in [2.45, 2.75) is 51.9 Å². The van der Waals surface area contributed by atoms with Gasteiger partial charge in [-0.15, -0.1) is 0 Å². The van der Waals surface area contributed by atoms with Crippen molar-refractivity contribution in [2.24, 2.45) is 0 Å². The molecule has 0 spiro atoms. The van der Waals surface area contributed by atoms with Crippen LogP contribution >= 0.6 is 0 Å². The van der Waals surface area contributed by atoms with Gasteiger partial charge in [-0.3, -0.25) is 4.79 Å². The summed E-state index contributed by atoms with van der Waals surface area (Å²) in [4.78, 5) is 17.4. The predicted molar refractivity (Wildman–Crippen MR) is 123 cm³/mol. The highest BCUT2D eigenvalue weighted by atomic mass is 16.5. The van der Waals surface area contributed by atoms with Gasteiger partial charge in [-0.05, 0) is 48.7 Å². The lowest BCUT2D eigenvalue weighted by Gasteiger charge is -2.19. The molecule has 0 aliphatic rings. The monoisotopic (exact) mass is 423 g/mol. The van der Waals surface area contributed by atoms with Crippen LogP contribution in [0, 0.1) is 6.92 Å². The molecule has 0 aliphatic carbocycles. The Labute approximate surface area is 184 Å². The Morgan fingerprint density at radius 3 is 2.52 bits per heavy atom. The van der Waals surface area contributed by atoms with Crippen LogP contribution in [0.3, 0.4) is 0 Å². The van der Waals surface area contributed by atoms with Crippen LogP contribution < -0.4 is 14.8 Å². The highest BCUT2D eigenvalue weighted by Crippen LogP contribution is 2.34.